The Hall–Kier alpha value is -1.36. The molecule has 0 bridgehead atoms. The van der Waals surface area contributed by atoms with E-state index in [1.54, 1.807) is 25.1 Å². The Morgan fingerprint density at radius 3 is 2.36 bits per heavy atom. The first-order chi connectivity index (χ1) is 6.50. The van der Waals surface area contributed by atoms with Crippen molar-refractivity contribution in [3.05, 3.63) is 29.8 Å². The highest BCUT2D eigenvalue weighted by atomic mass is 32.2. The number of nitrogens with zero attached hydrogens (tertiary/aromatic N) is 1. The molecular weight excluding hydrogens is 202 g/mol. The number of aryl methyl sites for hydroxylation is 1. The highest BCUT2D eigenvalue weighted by molar-refractivity contribution is 7.89. The second-order valence-electron chi connectivity index (χ2n) is 2.89. The van der Waals surface area contributed by atoms with Gasteiger partial charge in [0.25, 0.3) is 10.0 Å². The summed E-state index contributed by atoms with van der Waals surface area (Å²) >= 11 is 0. The molecule has 14 heavy (non-hydrogen) atoms. The maximum Gasteiger partial charge on any atom is 0.266 e. The molecule has 1 aromatic rings. The topological polar surface area (TPSA) is 54.5 Å². The Labute approximate surface area is 83.2 Å². The third kappa shape index (κ3) is 1.77. The van der Waals surface area contributed by atoms with Crippen molar-refractivity contribution in [3.63, 3.8) is 0 Å². The first-order valence-electron chi connectivity index (χ1n) is 3.99. The summed E-state index contributed by atoms with van der Waals surface area (Å²) in [6.45, 7) is 1.69. The van der Waals surface area contributed by atoms with Crippen molar-refractivity contribution >= 4 is 16.4 Å². The van der Waals surface area contributed by atoms with Crippen molar-refractivity contribution in [2.45, 2.75) is 11.8 Å². The Bertz CT molecular complexity index is 439. The van der Waals surface area contributed by atoms with Crippen molar-refractivity contribution < 1.29 is 13.2 Å². The lowest BCUT2D eigenvalue weighted by atomic mass is 10.2. The minimum Gasteiger partial charge on any atom is -0.278 e. The number of benzene rings is 1. The maximum absolute atomic E-state index is 11.7. The lowest BCUT2D eigenvalue weighted by Crippen LogP contribution is -2.25. The summed E-state index contributed by atoms with van der Waals surface area (Å²) in [5.41, 5.74) is 0.626. The predicted molar refractivity (Wildman–Crippen MR) is 52.2 cm³/mol. The first kappa shape index (κ1) is 10.7. The lowest BCUT2D eigenvalue weighted by molar-refractivity contribution is -0.113. The monoisotopic (exact) mass is 213 g/mol. The Morgan fingerprint density at radius 2 is 1.86 bits per heavy atom. The van der Waals surface area contributed by atoms with Gasteiger partial charge in [0.05, 0.1) is 4.90 Å². The van der Waals surface area contributed by atoms with Crippen LogP contribution < -0.4 is 0 Å². The van der Waals surface area contributed by atoms with Gasteiger partial charge in [-0.15, -0.1) is 0 Å². The molecule has 0 aliphatic heterocycles. The maximum atomic E-state index is 11.7. The number of sulfonamides is 1. The van der Waals surface area contributed by atoms with E-state index in [2.05, 4.69) is 0 Å². The summed E-state index contributed by atoms with van der Waals surface area (Å²) in [7, 11) is -2.44. The van der Waals surface area contributed by atoms with Crippen molar-refractivity contribution in [1.82, 2.24) is 4.31 Å². The molecule has 0 spiro atoms. The largest absolute Gasteiger partial charge is 0.278 e. The van der Waals surface area contributed by atoms with Crippen LogP contribution in [0.5, 0.6) is 0 Å². The summed E-state index contributed by atoms with van der Waals surface area (Å²) in [6, 6.07) is 6.53. The zero-order chi connectivity index (χ0) is 10.8. The molecule has 0 saturated carbocycles. The van der Waals surface area contributed by atoms with Gasteiger partial charge in [-0.3, -0.25) is 4.79 Å². The van der Waals surface area contributed by atoms with Crippen molar-refractivity contribution in [2.24, 2.45) is 0 Å². The molecule has 0 radical (unpaired) electrons. The molecule has 0 atom stereocenters. The normalized spacial score (nSPS) is 11.0. The molecule has 0 unspecified atom stereocenters. The molecule has 0 aliphatic rings. The van der Waals surface area contributed by atoms with Gasteiger partial charge in [0.2, 0.25) is 6.41 Å². The van der Waals surface area contributed by atoms with Crippen LogP contribution in [0.1, 0.15) is 5.56 Å². The van der Waals surface area contributed by atoms with Crippen LogP contribution in [0.3, 0.4) is 0 Å². The summed E-state index contributed by atoms with van der Waals surface area (Å²) in [4.78, 5) is 10.5. The van der Waals surface area contributed by atoms with Gasteiger partial charge < -0.3 is 0 Å². The fourth-order valence-corrected chi connectivity index (χ4v) is 2.21. The van der Waals surface area contributed by atoms with E-state index < -0.39 is 10.0 Å². The molecule has 0 aromatic heterocycles. The Kier molecular flexibility index (Phi) is 2.90. The minimum absolute atomic E-state index is 0.162. The lowest BCUT2D eigenvalue weighted by Gasteiger charge is -2.13. The highest BCUT2D eigenvalue weighted by Gasteiger charge is 2.20. The average molecular weight is 213 g/mol. The van der Waals surface area contributed by atoms with E-state index in [1.807, 2.05) is 0 Å². The molecular formula is C9H11NO3S. The van der Waals surface area contributed by atoms with Gasteiger partial charge >= 0.3 is 0 Å². The third-order valence-corrected chi connectivity index (χ3v) is 3.76. The second-order valence-corrected chi connectivity index (χ2v) is 4.86. The third-order valence-electron chi connectivity index (χ3n) is 1.90. The van der Waals surface area contributed by atoms with E-state index in [-0.39, 0.29) is 11.3 Å². The van der Waals surface area contributed by atoms with E-state index in [0.717, 1.165) is 0 Å². The van der Waals surface area contributed by atoms with Crippen LogP contribution in [0.25, 0.3) is 0 Å². The number of hydrogen-bond acceptors (Lipinski definition) is 3. The summed E-state index contributed by atoms with van der Waals surface area (Å²) in [5.74, 6) is 0. The molecule has 0 heterocycles. The average Bonchev–Trinajstić information content (AvgIpc) is 2.17. The quantitative estimate of drug-likeness (QED) is 0.697. The molecule has 1 aromatic carbocycles. The number of carbonyl (C=O) groups excluding carboxylic acids is 1. The van der Waals surface area contributed by atoms with Crippen LogP contribution in [-0.4, -0.2) is 26.2 Å². The van der Waals surface area contributed by atoms with E-state index >= 15 is 0 Å². The summed E-state index contributed by atoms with van der Waals surface area (Å²) < 4.78 is 24.0. The predicted octanol–water partition coefficient (Wildman–Crippen LogP) is 0.772. The summed E-state index contributed by atoms with van der Waals surface area (Å²) in [5, 5.41) is 0. The van der Waals surface area contributed by atoms with Gasteiger partial charge in [-0.25, -0.2) is 12.7 Å². The molecule has 0 fully saturated rings. The van der Waals surface area contributed by atoms with Gasteiger partial charge in [-0.05, 0) is 18.6 Å². The smallest absolute Gasteiger partial charge is 0.266 e. The number of amides is 1. The van der Waals surface area contributed by atoms with Crippen LogP contribution in [0.2, 0.25) is 0 Å². The number of rotatable bonds is 3. The standard InChI is InChI=1S/C9H11NO3S/c1-8-5-3-4-6-9(8)14(12,13)10(2)7-11/h3-7H,1-2H3. The Balaban J connectivity index is 3.31. The van der Waals surface area contributed by atoms with Crippen LogP contribution in [0.4, 0.5) is 0 Å². The molecule has 0 saturated heterocycles. The Morgan fingerprint density at radius 1 is 1.29 bits per heavy atom. The van der Waals surface area contributed by atoms with E-state index in [9.17, 15) is 13.2 Å². The molecule has 5 heteroatoms. The van der Waals surface area contributed by atoms with E-state index in [4.69, 9.17) is 0 Å². The van der Waals surface area contributed by atoms with Crippen molar-refractivity contribution in [1.29, 1.82) is 0 Å². The zero-order valence-corrected chi connectivity index (χ0v) is 8.78. The van der Waals surface area contributed by atoms with Gasteiger partial charge in [-0.2, -0.15) is 0 Å². The van der Waals surface area contributed by atoms with Crippen LogP contribution >= 0.6 is 0 Å². The molecule has 4 nitrogen and oxygen atoms in total. The van der Waals surface area contributed by atoms with Crippen LogP contribution in [0.15, 0.2) is 29.2 Å². The van der Waals surface area contributed by atoms with Crippen LogP contribution in [0, 0.1) is 6.92 Å². The second kappa shape index (κ2) is 3.79. The zero-order valence-electron chi connectivity index (χ0n) is 7.97. The first-order valence-corrected chi connectivity index (χ1v) is 5.43. The molecule has 1 rings (SSSR count). The molecule has 0 aliphatic carbocycles. The van der Waals surface area contributed by atoms with Crippen molar-refractivity contribution in [2.75, 3.05) is 7.05 Å². The van der Waals surface area contributed by atoms with Crippen LogP contribution in [-0.2, 0) is 14.8 Å². The highest BCUT2D eigenvalue weighted by Crippen LogP contribution is 2.16. The van der Waals surface area contributed by atoms with E-state index in [0.29, 0.717) is 9.87 Å². The van der Waals surface area contributed by atoms with Gasteiger partial charge in [0, 0.05) is 7.05 Å². The number of hydrogen-bond donors (Lipinski definition) is 0. The fourth-order valence-electron chi connectivity index (χ4n) is 1.06. The SMILES string of the molecule is Cc1ccccc1S(=O)(=O)N(C)C=O. The molecule has 76 valence electrons. The molecule has 0 N–H and O–H groups in total. The molecule has 1 amide bonds. The number of carbonyl (C=O) groups is 1. The fraction of sp³-hybridized carbons (Fsp3) is 0.222. The van der Waals surface area contributed by atoms with Gasteiger partial charge in [-0.1, -0.05) is 18.2 Å². The van der Waals surface area contributed by atoms with Gasteiger partial charge in [0.1, 0.15) is 0 Å². The van der Waals surface area contributed by atoms with E-state index in [1.165, 1.54) is 13.1 Å². The van der Waals surface area contributed by atoms with Gasteiger partial charge in [0.15, 0.2) is 0 Å². The minimum atomic E-state index is -3.65. The van der Waals surface area contributed by atoms with Crippen molar-refractivity contribution in [3.8, 4) is 0 Å². The summed E-state index contributed by atoms with van der Waals surface area (Å²) in [6.07, 6.45) is 0.280.